The van der Waals surface area contributed by atoms with Gasteiger partial charge >= 0.3 is 0 Å². The molecule has 1 N–H and O–H groups in total. The maximum Gasteiger partial charge on any atom is 0.263 e. The monoisotopic (exact) mass is 429 g/mol. The fraction of sp³-hybridized carbons (Fsp3) is 0.273. The van der Waals surface area contributed by atoms with Crippen LogP contribution < -0.4 is 19.5 Å². The van der Waals surface area contributed by atoms with Gasteiger partial charge in [-0.05, 0) is 42.8 Å². The quantitative estimate of drug-likeness (QED) is 0.462. The number of amides is 1. The number of hydrogen-bond acceptors (Lipinski definition) is 6. The van der Waals surface area contributed by atoms with Crippen LogP contribution in [-0.4, -0.2) is 30.0 Å². The number of benzene rings is 2. The molecule has 3 rings (SSSR count). The molecule has 0 aliphatic carbocycles. The molecule has 1 saturated heterocycles. The lowest BCUT2D eigenvalue weighted by Gasteiger charge is -2.17. The fourth-order valence-electron chi connectivity index (χ4n) is 2.61. The second kappa shape index (κ2) is 10.3. The molecule has 2 aromatic rings. The lowest BCUT2D eigenvalue weighted by atomic mass is 10.1. The molecule has 1 amide bonds. The third-order valence-corrected chi connectivity index (χ3v) is 5.17. The van der Waals surface area contributed by atoms with Crippen molar-refractivity contribution in [1.82, 2.24) is 5.32 Å². The number of thiocarbonyl (C=S) groups is 1. The van der Waals surface area contributed by atoms with Crippen LogP contribution in [0.4, 0.5) is 0 Å². The normalized spacial score (nSPS) is 15.9. The van der Waals surface area contributed by atoms with E-state index in [-0.39, 0.29) is 11.8 Å². The summed E-state index contributed by atoms with van der Waals surface area (Å²) < 4.78 is 18.0. The van der Waals surface area contributed by atoms with Gasteiger partial charge in [-0.15, -0.1) is 0 Å². The summed E-state index contributed by atoms with van der Waals surface area (Å²) in [4.78, 5) is 12.4. The highest BCUT2D eigenvalue weighted by molar-refractivity contribution is 8.26. The molecule has 0 spiro atoms. The third kappa shape index (κ3) is 6.24. The van der Waals surface area contributed by atoms with Gasteiger partial charge in [0.05, 0.1) is 24.7 Å². The SMILES string of the molecule is CCOc1cc(/C=C2\SC(=S)NC2=O)ccc1OC[C@H](C)COc1ccccc1. The Hall–Kier alpha value is -2.51. The molecule has 152 valence electrons. The molecular weight excluding hydrogens is 406 g/mol. The van der Waals surface area contributed by atoms with Crippen molar-refractivity contribution >= 4 is 40.3 Å². The van der Waals surface area contributed by atoms with Gasteiger partial charge in [0.25, 0.3) is 5.91 Å². The molecule has 29 heavy (non-hydrogen) atoms. The van der Waals surface area contributed by atoms with Crippen LogP contribution in [0.15, 0.2) is 53.4 Å². The van der Waals surface area contributed by atoms with Crippen LogP contribution in [0.5, 0.6) is 17.2 Å². The van der Waals surface area contributed by atoms with Crippen LogP contribution in [-0.2, 0) is 4.79 Å². The summed E-state index contributed by atoms with van der Waals surface area (Å²) in [5.41, 5.74) is 0.851. The highest BCUT2D eigenvalue weighted by Crippen LogP contribution is 2.32. The average molecular weight is 430 g/mol. The Labute approximate surface area is 180 Å². The van der Waals surface area contributed by atoms with Gasteiger partial charge in [0.15, 0.2) is 11.5 Å². The number of thioether (sulfide) groups is 1. The van der Waals surface area contributed by atoms with Crippen molar-refractivity contribution in [2.75, 3.05) is 19.8 Å². The van der Waals surface area contributed by atoms with E-state index in [0.29, 0.717) is 40.5 Å². The Kier molecular flexibility index (Phi) is 7.55. The molecule has 1 aliphatic rings. The summed E-state index contributed by atoms with van der Waals surface area (Å²) >= 11 is 6.28. The second-order valence-corrected chi connectivity index (χ2v) is 8.25. The zero-order valence-corrected chi connectivity index (χ0v) is 18.0. The summed E-state index contributed by atoms with van der Waals surface area (Å²) in [6, 6.07) is 15.3. The Balaban J connectivity index is 1.62. The van der Waals surface area contributed by atoms with Gasteiger partial charge in [-0.1, -0.05) is 55.2 Å². The molecule has 1 fully saturated rings. The smallest absolute Gasteiger partial charge is 0.263 e. The van der Waals surface area contributed by atoms with Gasteiger partial charge in [0.1, 0.15) is 10.1 Å². The van der Waals surface area contributed by atoms with E-state index in [0.717, 1.165) is 11.3 Å². The van der Waals surface area contributed by atoms with E-state index < -0.39 is 0 Å². The first kappa shape index (κ1) is 21.2. The van der Waals surface area contributed by atoms with Crippen LogP contribution in [0, 0.1) is 5.92 Å². The van der Waals surface area contributed by atoms with Crippen molar-refractivity contribution in [2.24, 2.45) is 5.92 Å². The highest BCUT2D eigenvalue weighted by Gasteiger charge is 2.22. The maximum absolute atomic E-state index is 11.9. The number of ether oxygens (including phenoxy) is 3. The topological polar surface area (TPSA) is 56.8 Å². The van der Waals surface area contributed by atoms with Gasteiger partial charge < -0.3 is 19.5 Å². The summed E-state index contributed by atoms with van der Waals surface area (Å²) in [5.74, 6) is 2.18. The minimum Gasteiger partial charge on any atom is -0.493 e. The number of carbonyl (C=O) groups is 1. The minimum atomic E-state index is -0.175. The predicted octanol–water partition coefficient (Wildman–Crippen LogP) is 4.67. The van der Waals surface area contributed by atoms with Gasteiger partial charge in [-0.3, -0.25) is 4.79 Å². The van der Waals surface area contributed by atoms with E-state index in [1.807, 2.05) is 55.5 Å². The van der Waals surface area contributed by atoms with Crippen LogP contribution in [0.2, 0.25) is 0 Å². The summed E-state index contributed by atoms with van der Waals surface area (Å²) in [6.07, 6.45) is 1.79. The van der Waals surface area contributed by atoms with E-state index in [1.165, 1.54) is 11.8 Å². The number of rotatable bonds is 9. The molecule has 0 bridgehead atoms. The second-order valence-electron chi connectivity index (χ2n) is 6.53. The van der Waals surface area contributed by atoms with Crippen LogP contribution >= 0.6 is 24.0 Å². The maximum atomic E-state index is 11.9. The van der Waals surface area contributed by atoms with Crippen molar-refractivity contribution in [3.8, 4) is 17.2 Å². The largest absolute Gasteiger partial charge is 0.493 e. The summed E-state index contributed by atoms with van der Waals surface area (Å²) in [6.45, 7) is 5.57. The zero-order valence-electron chi connectivity index (χ0n) is 16.3. The molecule has 0 aromatic heterocycles. The van der Waals surface area contributed by atoms with Crippen molar-refractivity contribution in [3.63, 3.8) is 0 Å². The fourth-order valence-corrected chi connectivity index (χ4v) is 3.65. The molecular formula is C22H23NO4S2. The van der Waals surface area contributed by atoms with E-state index in [4.69, 9.17) is 26.4 Å². The van der Waals surface area contributed by atoms with Crippen LogP contribution in [0.3, 0.4) is 0 Å². The standard InChI is InChI=1S/C22H23NO4S2/c1-3-25-19-11-16(12-20-21(24)23-22(28)29-20)9-10-18(19)27-14-15(2)13-26-17-7-5-4-6-8-17/h4-12,15H,3,13-14H2,1-2H3,(H,23,24,28)/b20-12-/t15-/m1/s1. The lowest BCUT2D eigenvalue weighted by Crippen LogP contribution is -2.17. The summed E-state index contributed by atoms with van der Waals surface area (Å²) in [7, 11) is 0. The Bertz CT molecular complexity index is 899. The molecule has 0 unspecified atom stereocenters. The zero-order chi connectivity index (χ0) is 20.6. The number of nitrogens with one attached hydrogen (secondary N) is 1. The summed E-state index contributed by atoms with van der Waals surface area (Å²) in [5, 5.41) is 2.61. The van der Waals surface area contributed by atoms with Crippen molar-refractivity contribution in [3.05, 3.63) is 59.0 Å². The number of para-hydroxylation sites is 1. The first-order valence-electron chi connectivity index (χ1n) is 9.37. The van der Waals surface area contributed by atoms with Crippen molar-refractivity contribution in [1.29, 1.82) is 0 Å². The number of carbonyl (C=O) groups excluding carboxylic acids is 1. The highest BCUT2D eigenvalue weighted by atomic mass is 32.2. The molecule has 0 saturated carbocycles. The molecule has 5 nitrogen and oxygen atoms in total. The lowest BCUT2D eigenvalue weighted by molar-refractivity contribution is -0.115. The average Bonchev–Trinajstić information content (AvgIpc) is 3.03. The molecule has 1 atom stereocenters. The molecule has 2 aromatic carbocycles. The Morgan fingerprint density at radius 2 is 1.83 bits per heavy atom. The van der Waals surface area contributed by atoms with Gasteiger partial charge in [-0.2, -0.15) is 0 Å². The molecule has 1 aliphatic heterocycles. The van der Waals surface area contributed by atoms with Gasteiger partial charge in [0, 0.05) is 5.92 Å². The van der Waals surface area contributed by atoms with Crippen molar-refractivity contribution < 1.29 is 19.0 Å². The number of hydrogen-bond donors (Lipinski definition) is 1. The van der Waals surface area contributed by atoms with Gasteiger partial charge in [0.2, 0.25) is 0 Å². The third-order valence-electron chi connectivity index (χ3n) is 4.01. The molecule has 1 heterocycles. The van der Waals surface area contributed by atoms with E-state index >= 15 is 0 Å². The van der Waals surface area contributed by atoms with Gasteiger partial charge in [-0.25, -0.2) is 0 Å². The minimum absolute atomic E-state index is 0.175. The Morgan fingerprint density at radius 1 is 1.07 bits per heavy atom. The predicted molar refractivity (Wildman–Crippen MR) is 121 cm³/mol. The first-order chi connectivity index (χ1) is 14.0. The van der Waals surface area contributed by atoms with E-state index in [2.05, 4.69) is 12.2 Å². The van der Waals surface area contributed by atoms with E-state index in [9.17, 15) is 4.79 Å². The molecule has 0 radical (unpaired) electrons. The van der Waals surface area contributed by atoms with Crippen molar-refractivity contribution in [2.45, 2.75) is 13.8 Å². The van der Waals surface area contributed by atoms with Crippen LogP contribution in [0.1, 0.15) is 19.4 Å². The van der Waals surface area contributed by atoms with E-state index in [1.54, 1.807) is 6.08 Å². The molecule has 7 heteroatoms. The first-order valence-corrected chi connectivity index (χ1v) is 10.6. The van der Waals surface area contributed by atoms with Crippen LogP contribution in [0.25, 0.3) is 6.08 Å². The Morgan fingerprint density at radius 3 is 2.52 bits per heavy atom.